The van der Waals surface area contributed by atoms with Gasteiger partial charge in [-0.1, -0.05) is 66.0 Å². The predicted octanol–water partition coefficient (Wildman–Crippen LogP) is 8.56. The summed E-state index contributed by atoms with van der Waals surface area (Å²) >= 11 is 0. The molecule has 178 valence electrons. The molecule has 3 saturated carbocycles. The minimum absolute atomic E-state index is 0.0798. The van der Waals surface area contributed by atoms with Crippen molar-refractivity contribution in [2.45, 2.75) is 131 Å². The first kappa shape index (κ1) is 23.8. The van der Waals surface area contributed by atoms with Crippen LogP contribution in [0.3, 0.4) is 0 Å². The Morgan fingerprint density at radius 1 is 1.03 bits per heavy atom. The fourth-order valence-electron chi connectivity index (χ4n) is 9.57. The number of hydrogen-bond acceptors (Lipinski definition) is 1. The molecule has 0 bridgehead atoms. The average Bonchev–Trinajstić information content (AvgIpc) is 3.08. The van der Waals surface area contributed by atoms with Crippen molar-refractivity contribution in [3.05, 3.63) is 11.6 Å². The van der Waals surface area contributed by atoms with Crippen molar-refractivity contribution in [2.24, 2.45) is 45.8 Å². The number of hydrogen-bond donors (Lipinski definition) is 1. The highest BCUT2D eigenvalue weighted by Gasteiger charge is 2.58. The van der Waals surface area contributed by atoms with Gasteiger partial charge in [-0.15, -0.1) is 0 Å². The first-order chi connectivity index (χ1) is 14.7. The number of rotatable bonds is 7. The lowest BCUT2D eigenvalue weighted by atomic mass is 9.47. The van der Waals surface area contributed by atoms with Crippen LogP contribution in [0, 0.1) is 45.8 Å². The fourth-order valence-corrected chi connectivity index (χ4v) is 9.57. The molecule has 0 saturated heterocycles. The molecule has 0 unspecified atom stereocenters. The van der Waals surface area contributed by atoms with Crippen LogP contribution >= 0.6 is 0 Å². The third-order valence-corrected chi connectivity index (χ3v) is 11.6. The van der Waals surface area contributed by atoms with Crippen LogP contribution in [0.4, 0.5) is 0 Å². The number of aliphatic hydroxyl groups excluding tert-OH is 1. The zero-order valence-electron chi connectivity index (χ0n) is 21.7. The van der Waals surface area contributed by atoms with E-state index in [9.17, 15) is 5.11 Å². The Morgan fingerprint density at radius 2 is 1.77 bits per heavy atom. The SMILES string of the molecule is CCC(CC)(CC[C@H]1CC[C@H]2[C@@H]3CC=C4C[C@@H](O)CC[C@]4(C)[C@H]3CC[C@]12C)CC(C)C. The van der Waals surface area contributed by atoms with Crippen LogP contribution in [0.1, 0.15) is 125 Å². The van der Waals surface area contributed by atoms with Gasteiger partial charge >= 0.3 is 0 Å². The largest absolute Gasteiger partial charge is 0.393 e. The monoisotopic (exact) mass is 428 g/mol. The molecule has 0 spiro atoms. The van der Waals surface area contributed by atoms with Crippen LogP contribution in [0.5, 0.6) is 0 Å². The van der Waals surface area contributed by atoms with Crippen LogP contribution < -0.4 is 0 Å². The molecule has 3 fully saturated rings. The summed E-state index contributed by atoms with van der Waals surface area (Å²) < 4.78 is 0. The summed E-state index contributed by atoms with van der Waals surface area (Å²) in [6.07, 6.45) is 20.0. The van der Waals surface area contributed by atoms with E-state index in [1.807, 2.05) is 0 Å². The summed E-state index contributed by atoms with van der Waals surface area (Å²) in [6.45, 7) is 15.0. The number of aliphatic hydroxyl groups is 1. The van der Waals surface area contributed by atoms with Crippen molar-refractivity contribution in [1.82, 2.24) is 0 Å². The molecule has 0 heterocycles. The van der Waals surface area contributed by atoms with Gasteiger partial charge in [0.15, 0.2) is 0 Å². The predicted molar refractivity (Wildman–Crippen MR) is 133 cm³/mol. The molecule has 1 N–H and O–H groups in total. The molecule has 0 aliphatic heterocycles. The van der Waals surface area contributed by atoms with Gasteiger partial charge in [-0.25, -0.2) is 0 Å². The van der Waals surface area contributed by atoms with Gasteiger partial charge in [-0.2, -0.15) is 0 Å². The molecule has 0 aromatic heterocycles. The minimum atomic E-state index is -0.0798. The van der Waals surface area contributed by atoms with Gasteiger partial charge in [0.2, 0.25) is 0 Å². The Labute approximate surface area is 193 Å². The van der Waals surface area contributed by atoms with Crippen LogP contribution in [0.15, 0.2) is 11.6 Å². The molecule has 0 amide bonds. The summed E-state index contributed by atoms with van der Waals surface area (Å²) in [7, 11) is 0. The minimum Gasteiger partial charge on any atom is -0.393 e. The Hall–Kier alpha value is -0.300. The van der Waals surface area contributed by atoms with Crippen molar-refractivity contribution in [3.63, 3.8) is 0 Å². The zero-order valence-corrected chi connectivity index (χ0v) is 21.7. The van der Waals surface area contributed by atoms with Crippen LogP contribution in [-0.2, 0) is 0 Å². The van der Waals surface area contributed by atoms with Gasteiger partial charge < -0.3 is 5.11 Å². The normalized spacial score (nSPS) is 42.7. The lowest BCUT2D eigenvalue weighted by molar-refractivity contribution is -0.0523. The average molecular weight is 429 g/mol. The van der Waals surface area contributed by atoms with Crippen LogP contribution in [-0.4, -0.2) is 11.2 Å². The molecule has 4 rings (SSSR count). The number of fused-ring (bicyclic) bond motifs is 5. The maximum absolute atomic E-state index is 10.3. The Balaban J connectivity index is 1.48. The van der Waals surface area contributed by atoms with E-state index in [-0.39, 0.29) is 6.10 Å². The first-order valence-corrected chi connectivity index (χ1v) is 14.0. The standard InChI is InChI=1S/C30H52O/c1-7-30(8-2,20-21(3)4)18-13-22-10-12-26-25-11-9-23-19-24(31)14-16-29(23,6)27(25)15-17-28(22,26)5/h9,21-22,24-27,31H,7-8,10-20H2,1-6H3/t22-,24+,25+,26+,27+,28-,29+/m1/s1. The highest BCUT2D eigenvalue weighted by atomic mass is 16.3. The van der Waals surface area contributed by atoms with E-state index in [1.54, 1.807) is 5.57 Å². The first-order valence-electron chi connectivity index (χ1n) is 14.0. The maximum atomic E-state index is 10.3. The lowest BCUT2D eigenvalue weighted by Crippen LogP contribution is -2.50. The molecule has 0 aromatic rings. The molecular formula is C30H52O. The summed E-state index contributed by atoms with van der Waals surface area (Å²) in [5, 5.41) is 10.3. The second-order valence-corrected chi connectivity index (χ2v) is 13.3. The Bertz CT molecular complexity index is 657. The van der Waals surface area contributed by atoms with Gasteiger partial charge in [-0.3, -0.25) is 0 Å². The topological polar surface area (TPSA) is 20.2 Å². The molecule has 4 aliphatic rings. The zero-order chi connectivity index (χ0) is 22.4. The van der Waals surface area contributed by atoms with Crippen LogP contribution in [0.25, 0.3) is 0 Å². The summed E-state index contributed by atoms with van der Waals surface area (Å²) in [4.78, 5) is 0. The second-order valence-electron chi connectivity index (χ2n) is 13.3. The van der Waals surface area contributed by atoms with Crippen LogP contribution in [0.2, 0.25) is 0 Å². The van der Waals surface area contributed by atoms with E-state index in [1.165, 1.54) is 70.6 Å². The van der Waals surface area contributed by atoms with Crippen molar-refractivity contribution in [2.75, 3.05) is 0 Å². The third-order valence-electron chi connectivity index (χ3n) is 11.6. The van der Waals surface area contributed by atoms with E-state index in [0.717, 1.165) is 42.4 Å². The highest BCUT2D eigenvalue weighted by Crippen LogP contribution is 2.67. The molecule has 0 radical (unpaired) electrons. The Kier molecular flexibility index (Phi) is 6.78. The van der Waals surface area contributed by atoms with Gasteiger partial charge in [0.05, 0.1) is 6.10 Å². The van der Waals surface area contributed by atoms with Gasteiger partial charge in [-0.05, 0) is 116 Å². The van der Waals surface area contributed by atoms with Crippen molar-refractivity contribution < 1.29 is 5.11 Å². The van der Waals surface area contributed by atoms with E-state index < -0.39 is 0 Å². The second kappa shape index (κ2) is 8.81. The molecule has 7 atom stereocenters. The molecule has 1 nitrogen and oxygen atoms in total. The molecule has 0 aromatic carbocycles. The fraction of sp³-hybridized carbons (Fsp3) is 0.933. The van der Waals surface area contributed by atoms with E-state index >= 15 is 0 Å². The summed E-state index contributed by atoms with van der Waals surface area (Å²) in [6, 6.07) is 0. The van der Waals surface area contributed by atoms with Crippen molar-refractivity contribution in [3.8, 4) is 0 Å². The smallest absolute Gasteiger partial charge is 0.0577 e. The van der Waals surface area contributed by atoms with Crippen molar-refractivity contribution in [1.29, 1.82) is 0 Å². The summed E-state index contributed by atoms with van der Waals surface area (Å²) in [5.74, 6) is 4.50. The maximum Gasteiger partial charge on any atom is 0.0577 e. The third kappa shape index (κ3) is 4.08. The quantitative estimate of drug-likeness (QED) is 0.403. The molecule has 4 aliphatic carbocycles. The van der Waals surface area contributed by atoms with E-state index in [0.29, 0.717) is 16.2 Å². The van der Waals surface area contributed by atoms with Gasteiger partial charge in [0.1, 0.15) is 0 Å². The molecular weight excluding hydrogens is 376 g/mol. The molecule has 1 heteroatoms. The molecule has 31 heavy (non-hydrogen) atoms. The lowest BCUT2D eigenvalue weighted by Gasteiger charge is -2.58. The number of allylic oxidation sites excluding steroid dienone is 1. The van der Waals surface area contributed by atoms with Crippen molar-refractivity contribution >= 4 is 0 Å². The van der Waals surface area contributed by atoms with E-state index in [4.69, 9.17) is 0 Å². The Morgan fingerprint density at radius 3 is 2.45 bits per heavy atom. The van der Waals surface area contributed by atoms with Gasteiger partial charge in [0.25, 0.3) is 0 Å². The van der Waals surface area contributed by atoms with E-state index in [2.05, 4.69) is 47.6 Å². The summed E-state index contributed by atoms with van der Waals surface area (Å²) in [5.41, 5.74) is 3.18. The highest BCUT2D eigenvalue weighted by molar-refractivity contribution is 5.25. The van der Waals surface area contributed by atoms with Gasteiger partial charge in [0, 0.05) is 0 Å².